The molecule has 0 saturated carbocycles. The van der Waals surface area contributed by atoms with Crippen LogP contribution in [0.15, 0.2) is 90.2 Å². The molecule has 0 radical (unpaired) electrons. The number of amides is 1. The fourth-order valence-corrected chi connectivity index (χ4v) is 6.71. The van der Waals surface area contributed by atoms with Crippen LogP contribution in [0.2, 0.25) is 0 Å². The van der Waals surface area contributed by atoms with Crippen molar-refractivity contribution in [3.8, 4) is 11.5 Å². The third kappa shape index (κ3) is 6.13. The molecule has 1 atom stereocenters. The van der Waals surface area contributed by atoms with Crippen molar-refractivity contribution in [3.05, 3.63) is 107 Å². The van der Waals surface area contributed by atoms with Gasteiger partial charge in [-0.2, -0.15) is 0 Å². The Morgan fingerprint density at radius 3 is 2.41 bits per heavy atom. The van der Waals surface area contributed by atoms with Crippen LogP contribution < -0.4 is 9.47 Å². The highest BCUT2D eigenvalue weighted by molar-refractivity contribution is 7.90. The molecule has 1 unspecified atom stereocenters. The van der Waals surface area contributed by atoms with Crippen molar-refractivity contribution in [3.63, 3.8) is 0 Å². The highest BCUT2D eigenvalue weighted by atomic mass is 32.2. The second kappa shape index (κ2) is 11.8. The number of ether oxygens (including phenoxy) is 3. The Hall–Kier alpha value is -4.15. The van der Waals surface area contributed by atoms with Crippen LogP contribution in [-0.4, -0.2) is 54.8 Å². The lowest BCUT2D eigenvalue weighted by Crippen LogP contribution is -2.37. The molecule has 3 heterocycles. The van der Waals surface area contributed by atoms with Crippen molar-refractivity contribution in [2.75, 3.05) is 19.9 Å². The van der Waals surface area contributed by atoms with Gasteiger partial charge in [-0.15, -0.1) is 0 Å². The van der Waals surface area contributed by atoms with Gasteiger partial charge in [-0.25, -0.2) is 13.4 Å². The molecule has 2 aliphatic heterocycles. The van der Waals surface area contributed by atoms with Gasteiger partial charge in [0.1, 0.15) is 0 Å². The molecular weight excluding hydrogens is 542 g/mol. The van der Waals surface area contributed by atoms with E-state index in [1.54, 1.807) is 46.0 Å². The Labute approximate surface area is 239 Å². The summed E-state index contributed by atoms with van der Waals surface area (Å²) in [6.45, 7) is 1.60. The molecule has 0 bridgehead atoms. The summed E-state index contributed by atoms with van der Waals surface area (Å²) in [5, 5.41) is -0.0206. The van der Waals surface area contributed by atoms with E-state index in [1.165, 1.54) is 0 Å². The average Bonchev–Trinajstić information content (AvgIpc) is 3.75. The lowest BCUT2D eigenvalue weighted by Gasteiger charge is -2.26. The number of aromatic nitrogens is 2. The van der Waals surface area contributed by atoms with E-state index < -0.39 is 9.84 Å². The summed E-state index contributed by atoms with van der Waals surface area (Å²) < 4.78 is 45.8. The summed E-state index contributed by atoms with van der Waals surface area (Å²) in [6.07, 6.45) is 3.26. The first-order valence-corrected chi connectivity index (χ1v) is 15.3. The number of carbonyl (C=O) groups excluding carboxylic acids is 1. The van der Waals surface area contributed by atoms with Gasteiger partial charge in [0.05, 0.1) is 36.8 Å². The highest BCUT2D eigenvalue weighted by Gasteiger charge is 2.29. The molecule has 212 valence electrons. The zero-order valence-corrected chi connectivity index (χ0v) is 23.3. The molecule has 3 aromatic carbocycles. The molecule has 2 aliphatic rings. The Kier molecular flexibility index (Phi) is 7.76. The monoisotopic (exact) mass is 573 g/mol. The Morgan fingerprint density at radius 1 is 0.951 bits per heavy atom. The van der Waals surface area contributed by atoms with E-state index in [0.29, 0.717) is 48.0 Å². The quantitative estimate of drug-likeness (QED) is 0.276. The second-order valence-corrected chi connectivity index (χ2v) is 12.1. The molecule has 1 amide bonds. The third-order valence-corrected chi connectivity index (χ3v) is 8.87. The number of hydrogen-bond donors (Lipinski definition) is 0. The van der Waals surface area contributed by atoms with Crippen molar-refractivity contribution in [1.29, 1.82) is 0 Å². The molecule has 41 heavy (non-hydrogen) atoms. The zero-order chi connectivity index (χ0) is 28.2. The maximum Gasteiger partial charge on any atom is 0.254 e. The minimum absolute atomic E-state index is 0.0206. The Bertz CT molecular complexity index is 1620. The lowest BCUT2D eigenvalue weighted by atomic mass is 10.1. The molecule has 0 aliphatic carbocycles. The normalized spacial score (nSPS) is 16.1. The minimum atomic E-state index is -3.79. The average molecular weight is 574 g/mol. The Balaban J connectivity index is 1.35. The fraction of sp³-hybridized carbons (Fsp3) is 0.290. The summed E-state index contributed by atoms with van der Waals surface area (Å²) >= 11 is 0. The topological polar surface area (TPSA) is 100.0 Å². The molecule has 1 saturated heterocycles. The predicted octanol–water partition coefficient (Wildman–Crippen LogP) is 4.46. The van der Waals surface area contributed by atoms with E-state index in [0.717, 1.165) is 18.4 Å². The predicted molar refractivity (Wildman–Crippen MR) is 151 cm³/mol. The summed E-state index contributed by atoms with van der Waals surface area (Å²) in [7, 11) is -3.79. The van der Waals surface area contributed by atoms with Crippen molar-refractivity contribution < 1.29 is 27.4 Å². The van der Waals surface area contributed by atoms with Gasteiger partial charge in [-0.1, -0.05) is 60.7 Å². The van der Waals surface area contributed by atoms with Gasteiger partial charge in [-0.3, -0.25) is 4.79 Å². The van der Waals surface area contributed by atoms with E-state index in [2.05, 4.69) is 4.98 Å². The zero-order valence-electron chi connectivity index (χ0n) is 22.5. The van der Waals surface area contributed by atoms with Crippen molar-refractivity contribution in [2.24, 2.45) is 0 Å². The van der Waals surface area contributed by atoms with Crippen LogP contribution in [-0.2, 0) is 33.4 Å². The van der Waals surface area contributed by atoms with Crippen LogP contribution in [0.3, 0.4) is 0 Å². The maximum atomic E-state index is 13.9. The summed E-state index contributed by atoms with van der Waals surface area (Å²) in [5.74, 6) is 0.743. The first-order chi connectivity index (χ1) is 20.0. The van der Waals surface area contributed by atoms with E-state index in [9.17, 15) is 13.2 Å². The van der Waals surface area contributed by atoms with Gasteiger partial charge in [0, 0.05) is 18.7 Å². The first kappa shape index (κ1) is 27.0. The fourth-order valence-electron chi connectivity index (χ4n) is 5.22. The molecular formula is C31H31N3O6S. The third-order valence-electron chi connectivity index (χ3n) is 7.27. The highest BCUT2D eigenvalue weighted by Crippen LogP contribution is 2.33. The van der Waals surface area contributed by atoms with Crippen molar-refractivity contribution in [1.82, 2.24) is 14.5 Å². The largest absolute Gasteiger partial charge is 0.454 e. The van der Waals surface area contributed by atoms with Gasteiger partial charge < -0.3 is 23.7 Å². The molecule has 4 aromatic rings. The van der Waals surface area contributed by atoms with Crippen LogP contribution in [0, 0.1) is 0 Å². The van der Waals surface area contributed by atoms with Crippen LogP contribution >= 0.6 is 0 Å². The minimum Gasteiger partial charge on any atom is -0.454 e. The summed E-state index contributed by atoms with van der Waals surface area (Å²) in [5.41, 5.74) is 2.68. The van der Waals surface area contributed by atoms with Crippen molar-refractivity contribution >= 4 is 15.7 Å². The Morgan fingerprint density at radius 2 is 1.68 bits per heavy atom. The standard InChI is InChI=1S/C31H31N3O6S/c35-30(25-13-14-28-29(16-25)40-22-39-28)33(20-27-12-7-15-38-27)19-26-17-32-31(34(26)18-23-8-3-1-4-9-23)41(36,37)21-24-10-5-2-6-11-24/h1-6,8-11,13-14,16-17,27H,7,12,15,18-22H2. The van der Waals surface area contributed by atoms with Crippen LogP contribution in [0.25, 0.3) is 0 Å². The molecule has 0 spiro atoms. The number of nitrogens with zero attached hydrogens (tertiary/aromatic N) is 3. The molecule has 0 N–H and O–H groups in total. The second-order valence-electron chi connectivity index (χ2n) is 10.2. The molecule has 9 nitrogen and oxygen atoms in total. The number of sulfone groups is 1. The lowest BCUT2D eigenvalue weighted by molar-refractivity contribution is 0.0501. The summed E-state index contributed by atoms with van der Waals surface area (Å²) in [6, 6.07) is 23.8. The number of imidazole rings is 1. The van der Waals surface area contributed by atoms with Gasteiger partial charge in [0.15, 0.2) is 11.5 Å². The van der Waals surface area contributed by atoms with Gasteiger partial charge >= 0.3 is 0 Å². The maximum absolute atomic E-state index is 13.9. The number of carbonyl (C=O) groups is 1. The number of benzene rings is 3. The van der Waals surface area contributed by atoms with E-state index >= 15 is 0 Å². The van der Waals surface area contributed by atoms with E-state index in [4.69, 9.17) is 14.2 Å². The number of hydrogen-bond acceptors (Lipinski definition) is 7. The first-order valence-electron chi connectivity index (χ1n) is 13.6. The number of rotatable bonds is 10. The molecule has 1 aromatic heterocycles. The number of fused-ring (bicyclic) bond motifs is 1. The van der Waals surface area contributed by atoms with E-state index in [-0.39, 0.29) is 36.3 Å². The SMILES string of the molecule is O=C(c1ccc2c(c1)OCO2)N(Cc1cnc(S(=O)(=O)Cc2ccccc2)n1Cc1ccccc1)CC1CCCO1. The summed E-state index contributed by atoms with van der Waals surface area (Å²) in [4.78, 5) is 20.0. The van der Waals surface area contributed by atoms with Crippen LogP contribution in [0.4, 0.5) is 0 Å². The molecule has 6 rings (SSSR count). The van der Waals surface area contributed by atoms with E-state index in [1.807, 2.05) is 48.5 Å². The van der Waals surface area contributed by atoms with Crippen molar-refractivity contribution in [2.45, 2.75) is 42.9 Å². The van der Waals surface area contributed by atoms with Gasteiger partial charge in [0.2, 0.25) is 21.8 Å². The van der Waals surface area contributed by atoms with Gasteiger partial charge in [-0.05, 0) is 42.2 Å². The van der Waals surface area contributed by atoms with Crippen LogP contribution in [0.1, 0.15) is 40.0 Å². The molecule has 10 heteroatoms. The van der Waals surface area contributed by atoms with Crippen LogP contribution in [0.5, 0.6) is 11.5 Å². The smallest absolute Gasteiger partial charge is 0.254 e. The molecule has 1 fully saturated rings. The van der Waals surface area contributed by atoms with Gasteiger partial charge in [0.25, 0.3) is 5.91 Å².